The minimum atomic E-state index is -0.390. The van der Waals surface area contributed by atoms with Crippen LogP contribution in [0.2, 0.25) is 0 Å². The molecule has 0 aromatic heterocycles. The molecule has 1 aromatic carbocycles. The molecule has 21 heavy (non-hydrogen) atoms. The Bertz CT molecular complexity index is 504. The molecule has 1 atom stereocenters. The van der Waals surface area contributed by atoms with Crippen molar-refractivity contribution in [2.75, 3.05) is 44.4 Å². The second-order valence-electron chi connectivity index (χ2n) is 5.57. The average Bonchev–Trinajstić information content (AvgIpc) is 2.94. The maximum absolute atomic E-state index is 11.7. The zero-order chi connectivity index (χ0) is 15.4. The predicted octanol–water partition coefficient (Wildman–Crippen LogP) is 1.98. The summed E-state index contributed by atoms with van der Waals surface area (Å²) < 4.78 is 4.77. The summed E-state index contributed by atoms with van der Waals surface area (Å²) in [5.74, 6) is -0.390. The van der Waals surface area contributed by atoms with E-state index in [0.717, 1.165) is 18.8 Å². The minimum absolute atomic E-state index is 0.390. The van der Waals surface area contributed by atoms with E-state index in [1.165, 1.54) is 26.5 Å². The van der Waals surface area contributed by atoms with Gasteiger partial charge in [-0.3, -0.25) is 4.90 Å². The van der Waals surface area contributed by atoms with Gasteiger partial charge in [0.15, 0.2) is 0 Å². The molecule has 2 N–H and O–H groups in total. The molecule has 0 bridgehead atoms. The standard InChI is InChI=1S/C16H25N3O2/c1-4-19-9-5-6-13(19)11-18(2)12-7-8-15(17)14(10-12)16(20)21-3/h7-8,10,13H,4-6,9,11,17H2,1-3H3. The van der Waals surface area contributed by atoms with Gasteiger partial charge < -0.3 is 15.4 Å². The molecule has 1 aromatic rings. The summed E-state index contributed by atoms with van der Waals surface area (Å²) >= 11 is 0. The van der Waals surface area contributed by atoms with Gasteiger partial charge in [-0.2, -0.15) is 0 Å². The summed E-state index contributed by atoms with van der Waals surface area (Å²) in [7, 11) is 3.43. The van der Waals surface area contributed by atoms with Crippen molar-refractivity contribution >= 4 is 17.3 Å². The van der Waals surface area contributed by atoms with E-state index in [-0.39, 0.29) is 5.97 Å². The third kappa shape index (κ3) is 3.47. The van der Waals surface area contributed by atoms with Crippen molar-refractivity contribution in [2.45, 2.75) is 25.8 Å². The number of likely N-dealkylation sites (N-methyl/N-ethyl adjacent to an activating group) is 2. The number of carbonyl (C=O) groups is 1. The van der Waals surface area contributed by atoms with Crippen LogP contribution in [-0.4, -0.2) is 50.7 Å². The molecule has 116 valence electrons. The largest absolute Gasteiger partial charge is 0.465 e. The molecule has 1 unspecified atom stereocenters. The predicted molar refractivity (Wildman–Crippen MR) is 85.7 cm³/mol. The zero-order valence-electron chi connectivity index (χ0n) is 13.1. The summed E-state index contributed by atoms with van der Waals surface area (Å²) in [6, 6.07) is 6.11. The first-order chi connectivity index (χ1) is 10.1. The fourth-order valence-corrected chi connectivity index (χ4v) is 3.01. The molecule has 0 aliphatic carbocycles. The van der Waals surface area contributed by atoms with E-state index < -0.39 is 0 Å². The number of anilines is 2. The Hall–Kier alpha value is -1.75. The number of nitrogens with zero attached hydrogens (tertiary/aromatic N) is 2. The Kier molecular flexibility index (Phi) is 5.07. The Morgan fingerprint density at radius 1 is 1.52 bits per heavy atom. The molecule has 0 radical (unpaired) electrons. The third-order valence-electron chi connectivity index (χ3n) is 4.27. The molecule has 1 aliphatic rings. The lowest BCUT2D eigenvalue weighted by atomic mass is 10.1. The average molecular weight is 291 g/mol. The lowest BCUT2D eigenvalue weighted by Gasteiger charge is -2.29. The Morgan fingerprint density at radius 2 is 2.29 bits per heavy atom. The molecule has 5 heteroatoms. The highest BCUT2D eigenvalue weighted by Crippen LogP contribution is 2.24. The van der Waals surface area contributed by atoms with Gasteiger partial charge in [0.25, 0.3) is 0 Å². The number of hydrogen-bond donors (Lipinski definition) is 1. The number of benzene rings is 1. The van der Waals surface area contributed by atoms with Gasteiger partial charge >= 0.3 is 5.97 Å². The van der Waals surface area contributed by atoms with Crippen LogP contribution in [0.3, 0.4) is 0 Å². The molecular formula is C16H25N3O2. The van der Waals surface area contributed by atoms with Gasteiger partial charge in [-0.15, -0.1) is 0 Å². The van der Waals surface area contributed by atoms with E-state index in [4.69, 9.17) is 10.5 Å². The van der Waals surface area contributed by atoms with Gasteiger partial charge in [-0.05, 0) is 44.1 Å². The van der Waals surface area contributed by atoms with Crippen LogP contribution >= 0.6 is 0 Å². The van der Waals surface area contributed by atoms with E-state index in [9.17, 15) is 4.79 Å². The first-order valence-electron chi connectivity index (χ1n) is 7.49. The van der Waals surface area contributed by atoms with Crippen LogP contribution in [0.5, 0.6) is 0 Å². The SMILES string of the molecule is CCN1CCCC1CN(C)c1ccc(N)c(C(=O)OC)c1. The van der Waals surface area contributed by atoms with Crippen molar-refractivity contribution in [3.8, 4) is 0 Å². The summed E-state index contributed by atoms with van der Waals surface area (Å²) in [5, 5.41) is 0. The molecule has 2 rings (SSSR count). The number of methoxy groups -OCH3 is 1. The highest BCUT2D eigenvalue weighted by atomic mass is 16.5. The van der Waals surface area contributed by atoms with E-state index >= 15 is 0 Å². The fraction of sp³-hybridized carbons (Fsp3) is 0.562. The van der Waals surface area contributed by atoms with Crippen LogP contribution in [0.4, 0.5) is 11.4 Å². The van der Waals surface area contributed by atoms with Crippen LogP contribution in [0.1, 0.15) is 30.1 Å². The first kappa shape index (κ1) is 15.6. The number of carbonyl (C=O) groups excluding carboxylic acids is 1. The van der Waals surface area contributed by atoms with Gasteiger partial charge in [0, 0.05) is 31.0 Å². The molecule has 0 spiro atoms. The van der Waals surface area contributed by atoms with Crippen molar-refractivity contribution in [3.05, 3.63) is 23.8 Å². The van der Waals surface area contributed by atoms with Crippen molar-refractivity contribution in [3.63, 3.8) is 0 Å². The number of esters is 1. The van der Waals surface area contributed by atoms with E-state index in [1.807, 2.05) is 12.1 Å². The molecule has 0 saturated carbocycles. The lowest BCUT2D eigenvalue weighted by Crippen LogP contribution is -2.38. The maximum Gasteiger partial charge on any atom is 0.340 e. The quantitative estimate of drug-likeness (QED) is 0.664. The topological polar surface area (TPSA) is 58.8 Å². The van der Waals surface area contributed by atoms with Crippen LogP contribution in [0.25, 0.3) is 0 Å². The number of ether oxygens (including phenoxy) is 1. The minimum Gasteiger partial charge on any atom is -0.465 e. The molecule has 0 amide bonds. The Morgan fingerprint density at radius 3 is 2.95 bits per heavy atom. The first-order valence-corrected chi connectivity index (χ1v) is 7.49. The molecule has 1 fully saturated rings. The van der Waals surface area contributed by atoms with Crippen molar-refractivity contribution in [1.82, 2.24) is 4.90 Å². The number of nitrogen functional groups attached to an aromatic ring is 1. The second kappa shape index (κ2) is 6.80. The normalized spacial score (nSPS) is 18.7. The van der Waals surface area contributed by atoms with Crippen LogP contribution in [-0.2, 0) is 4.74 Å². The molecule has 1 saturated heterocycles. The van der Waals surface area contributed by atoms with Crippen LogP contribution < -0.4 is 10.6 Å². The van der Waals surface area contributed by atoms with E-state index in [1.54, 1.807) is 6.07 Å². The van der Waals surface area contributed by atoms with Gasteiger partial charge in [-0.1, -0.05) is 6.92 Å². The molecule has 1 heterocycles. The fourth-order valence-electron chi connectivity index (χ4n) is 3.01. The highest BCUT2D eigenvalue weighted by Gasteiger charge is 2.24. The van der Waals surface area contributed by atoms with E-state index in [2.05, 4.69) is 23.8 Å². The number of nitrogens with two attached hydrogens (primary N) is 1. The smallest absolute Gasteiger partial charge is 0.340 e. The Labute approximate surface area is 126 Å². The summed E-state index contributed by atoms with van der Waals surface area (Å²) in [6.45, 7) is 5.44. The zero-order valence-corrected chi connectivity index (χ0v) is 13.1. The van der Waals surface area contributed by atoms with Gasteiger partial charge in [-0.25, -0.2) is 4.79 Å². The molecular weight excluding hydrogens is 266 g/mol. The van der Waals surface area contributed by atoms with Crippen molar-refractivity contribution < 1.29 is 9.53 Å². The number of likely N-dealkylation sites (tertiary alicyclic amines) is 1. The van der Waals surface area contributed by atoms with Crippen LogP contribution in [0, 0.1) is 0 Å². The summed E-state index contributed by atoms with van der Waals surface area (Å²) in [5.41, 5.74) is 7.72. The summed E-state index contributed by atoms with van der Waals surface area (Å²) in [6.07, 6.45) is 2.50. The summed E-state index contributed by atoms with van der Waals surface area (Å²) in [4.78, 5) is 16.4. The Balaban J connectivity index is 2.12. The van der Waals surface area contributed by atoms with Gasteiger partial charge in [0.05, 0.1) is 12.7 Å². The second-order valence-corrected chi connectivity index (χ2v) is 5.57. The molecule has 5 nitrogen and oxygen atoms in total. The van der Waals surface area contributed by atoms with Crippen LogP contribution in [0.15, 0.2) is 18.2 Å². The highest BCUT2D eigenvalue weighted by molar-refractivity contribution is 5.96. The third-order valence-corrected chi connectivity index (χ3v) is 4.27. The van der Waals surface area contributed by atoms with Gasteiger partial charge in [0.1, 0.15) is 0 Å². The maximum atomic E-state index is 11.7. The number of hydrogen-bond acceptors (Lipinski definition) is 5. The molecule has 1 aliphatic heterocycles. The monoisotopic (exact) mass is 291 g/mol. The number of rotatable bonds is 5. The lowest BCUT2D eigenvalue weighted by molar-refractivity contribution is 0.0602. The van der Waals surface area contributed by atoms with Crippen molar-refractivity contribution in [1.29, 1.82) is 0 Å². The van der Waals surface area contributed by atoms with Crippen molar-refractivity contribution in [2.24, 2.45) is 0 Å². The van der Waals surface area contributed by atoms with Gasteiger partial charge in [0.2, 0.25) is 0 Å². The van der Waals surface area contributed by atoms with E-state index in [0.29, 0.717) is 17.3 Å².